The van der Waals surface area contributed by atoms with Gasteiger partial charge in [-0.15, -0.1) is 0 Å². The summed E-state index contributed by atoms with van der Waals surface area (Å²) in [7, 11) is 0. The van der Waals surface area contributed by atoms with E-state index in [9.17, 15) is 9.90 Å². The molecule has 1 fully saturated rings. The first kappa shape index (κ1) is 19.7. The van der Waals surface area contributed by atoms with Gasteiger partial charge >= 0.3 is 0 Å². The van der Waals surface area contributed by atoms with Crippen molar-refractivity contribution in [1.82, 2.24) is 4.90 Å². The summed E-state index contributed by atoms with van der Waals surface area (Å²) in [6, 6.07) is 0. The van der Waals surface area contributed by atoms with E-state index < -0.39 is 0 Å². The van der Waals surface area contributed by atoms with Crippen molar-refractivity contribution in [2.45, 2.75) is 72.3 Å². The highest BCUT2D eigenvalue weighted by molar-refractivity contribution is 5.88. The molecule has 130 valence electrons. The van der Waals surface area contributed by atoms with Gasteiger partial charge in [0.05, 0.1) is 6.10 Å². The molecule has 1 aliphatic heterocycles. The van der Waals surface area contributed by atoms with Gasteiger partial charge in [-0.05, 0) is 66.2 Å². The van der Waals surface area contributed by atoms with Crippen LogP contribution in [0.15, 0.2) is 34.9 Å². The van der Waals surface area contributed by atoms with E-state index in [0.29, 0.717) is 6.54 Å². The molecule has 1 heterocycles. The zero-order valence-electron chi connectivity index (χ0n) is 15.3. The van der Waals surface area contributed by atoms with Gasteiger partial charge in [0, 0.05) is 19.2 Å². The van der Waals surface area contributed by atoms with Crippen molar-refractivity contribution in [1.29, 1.82) is 0 Å². The van der Waals surface area contributed by atoms with Crippen LogP contribution < -0.4 is 0 Å². The SMILES string of the molecule is CC(C)=CCCC(C)=CCCC(C)=CC(=O)N1CCCC(O)C1. The topological polar surface area (TPSA) is 40.5 Å². The van der Waals surface area contributed by atoms with Gasteiger partial charge in [0.1, 0.15) is 0 Å². The van der Waals surface area contributed by atoms with Crippen LogP contribution in [0.2, 0.25) is 0 Å². The van der Waals surface area contributed by atoms with Crippen LogP contribution in [-0.2, 0) is 4.79 Å². The number of likely N-dealkylation sites (tertiary alicyclic amines) is 1. The molecule has 0 aliphatic carbocycles. The maximum atomic E-state index is 12.2. The summed E-state index contributed by atoms with van der Waals surface area (Å²) in [5, 5.41) is 9.64. The number of aliphatic hydroxyl groups is 1. The molecule has 3 heteroatoms. The fraction of sp³-hybridized carbons (Fsp3) is 0.650. The number of hydrogen-bond acceptors (Lipinski definition) is 2. The van der Waals surface area contributed by atoms with Gasteiger partial charge in [0.15, 0.2) is 0 Å². The Kier molecular flexibility index (Phi) is 8.93. The average molecular weight is 319 g/mol. The van der Waals surface area contributed by atoms with Crippen molar-refractivity contribution in [2.24, 2.45) is 0 Å². The van der Waals surface area contributed by atoms with Gasteiger partial charge in [-0.25, -0.2) is 0 Å². The van der Waals surface area contributed by atoms with Crippen LogP contribution in [-0.4, -0.2) is 35.1 Å². The number of nitrogens with zero attached hydrogens (tertiary/aromatic N) is 1. The van der Waals surface area contributed by atoms with Crippen LogP contribution in [0.3, 0.4) is 0 Å². The molecule has 3 nitrogen and oxygen atoms in total. The third-order valence-corrected chi connectivity index (χ3v) is 4.20. The van der Waals surface area contributed by atoms with E-state index in [2.05, 4.69) is 32.9 Å². The lowest BCUT2D eigenvalue weighted by molar-refractivity contribution is -0.129. The van der Waals surface area contributed by atoms with E-state index in [0.717, 1.165) is 50.6 Å². The maximum absolute atomic E-state index is 12.2. The summed E-state index contributed by atoms with van der Waals surface area (Å²) >= 11 is 0. The van der Waals surface area contributed by atoms with E-state index >= 15 is 0 Å². The van der Waals surface area contributed by atoms with Crippen LogP contribution in [0.5, 0.6) is 0 Å². The standard InChI is InChI=1S/C20H33NO2/c1-16(2)8-5-9-17(3)10-6-11-18(4)14-20(23)21-13-7-12-19(22)15-21/h8,10,14,19,22H,5-7,9,11-13,15H2,1-4H3. The molecule has 0 aromatic heterocycles. The Balaban J connectivity index is 2.35. The van der Waals surface area contributed by atoms with E-state index in [1.165, 1.54) is 11.1 Å². The molecule has 1 atom stereocenters. The van der Waals surface area contributed by atoms with Crippen molar-refractivity contribution in [2.75, 3.05) is 13.1 Å². The molecule has 1 aliphatic rings. The van der Waals surface area contributed by atoms with Crippen molar-refractivity contribution in [3.8, 4) is 0 Å². The Labute approximate surface area is 141 Å². The summed E-state index contributed by atoms with van der Waals surface area (Å²) in [6.07, 6.45) is 11.8. The zero-order chi connectivity index (χ0) is 17.2. The second-order valence-corrected chi connectivity index (χ2v) is 6.98. The number of hydrogen-bond donors (Lipinski definition) is 1. The van der Waals surface area contributed by atoms with E-state index in [1.54, 1.807) is 11.0 Å². The largest absolute Gasteiger partial charge is 0.391 e. The van der Waals surface area contributed by atoms with Crippen molar-refractivity contribution in [3.05, 3.63) is 34.9 Å². The predicted octanol–water partition coefficient (Wildman–Crippen LogP) is 4.39. The molecule has 0 bridgehead atoms. The number of β-amino-alcohol motifs (C(OH)–C–C–N with tert-alkyl or cyclic N) is 1. The molecule has 0 spiro atoms. The number of amides is 1. The summed E-state index contributed by atoms with van der Waals surface area (Å²) in [6.45, 7) is 9.70. The summed E-state index contributed by atoms with van der Waals surface area (Å²) in [5.74, 6) is 0.0468. The molecule has 23 heavy (non-hydrogen) atoms. The zero-order valence-corrected chi connectivity index (χ0v) is 15.3. The lowest BCUT2D eigenvalue weighted by atomic mass is 10.1. The van der Waals surface area contributed by atoms with Crippen LogP contribution in [0.1, 0.15) is 66.2 Å². The average Bonchev–Trinajstić information content (AvgIpc) is 2.46. The fourth-order valence-electron chi connectivity index (χ4n) is 2.77. The number of rotatable bonds is 7. The first-order valence-electron chi connectivity index (χ1n) is 8.81. The molecule has 1 N–H and O–H groups in total. The highest BCUT2D eigenvalue weighted by Crippen LogP contribution is 2.14. The molecule has 0 saturated carbocycles. The molecule has 0 aromatic rings. The lowest BCUT2D eigenvalue weighted by Crippen LogP contribution is -2.41. The minimum Gasteiger partial charge on any atom is -0.391 e. The summed E-state index contributed by atoms with van der Waals surface area (Å²) in [4.78, 5) is 13.9. The molecular formula is C20H33NO2. The third-order valence-electron chi connectivity index (χ3n) is 4.20. The van der Waals surface area contributed by atoms with Gasteiger partial charge < -0.3 is 10.0 Å². The lowest BCUT2D eigenvalue weighted by Gasteiger charge is -2.29. The van der Waals surface area contributed by atoms with Crippen molar-refractivity contribution in [3.63, 3.8) is 0 Å². The summed E-state index contributed by atoms with van der Waals surface area (Å²) in [5.41, 5.74) is 3.90. The number of allylic oxidation sites excluding steroid dienone is 5. The fourth-order valence-corrected chi connectivity index (χ4v) is 2.77. The van der Waals surface area contributed by atoms with Crippen molar-refractivity contribution < 1.29 is 9.90 Å². The third kappa shape index (κ3) is 8.75. The molecule has 1 saturated heterocycles. The molecule has 0 aromatic carbocycles. The van der Waals surface area contributed by atoms with Gasteiger partial charge in [-0.3, -0.25) is 4.79 Å². The number of carbonyl (C=O) groups excluding carboxylic acids is 1. The van der Waals surface area contributed by atoms with Crippen LogP contribution >= 0.6 is 0 Å². The maximum Gasteiger partial charge on any atom is 0.246 e. The Morgan fingerprint density at radius 3 is 2.39 bits per heavy atom. The number of piperidine rings is 1. The van der Waals surface area contributed by atoms with Gasteiger partial charge in [0.25, 0.3) is 0 Å². The molecule has 1 rings (SSSR count). The Hall–Kier alpha value is -1.35. The minimum atomic E-state index is -0.354. The van der Waals surface area contributed by atoms with Gasteiger partial charge in [0.2, 0.25) is 5.91 Å². The van der Waals surface area contributed by atoms with Crippen LogP contribution in [0, 0.1) is 0 Å². The monoisotopic (exact) mass is 319 g/mol. The normalized spacial score (nSPS) is 19.7. The molecular weight excluding hydrogens is 286 g/mol. The Bertz CT molecular complexity index is 470. The molecule has 1 unspecified atom stereocenters. The van der Waals surface area contributed by atoms with E-state index in [1.807, 2.05) is 6.92 Å². The minimum absolute atomic E-state index is 0.0468. The number of aliphatic hydroxyl groups excluding tert-OH is 1. The number of carbonyl (C=O) groups is 1. The second kappa shape index (κ2) is 10.4. The Morgan fingerprint density at radius 2 is 1.74 bits per heavy atom. The summed E-state index contributed by atoms with van der Waals surface area (Å²) < 4.78 is 0. The molecule has 1 amide bonds. The molecule has 0 radical (unpaired) electrons. The van der Waals surface area contributed by atoms with Gasteiger partial charge in [-0.1, -0.05) is 28.9 Å². The Morgan fingerprint density at radius 1 is 1.09 bits per heavy atom. The van der Waals surface area contributed by atoms with E-state index in [-0.39, 0.29) is 12.0 Å². The van der Waals surface area contributed by atoms with Gasteiger partial charge in [-0.2, -0.15) is 0 Å². The highest BCUT2D eigenvalue weighted by Gasteiger charge is 2.20. The quantitative estimate of drug-likeness (QED) is 0.558. The van der Waals surface area contributed by atoms with Crippen LogP contribution in [0.4, 0.5) is 0 Å². The first-order valence-corrected chi connectivity index (χ1v) is 8.81. The predicted molar refractivity (Wildman–Crippen MR) is 97.2 cm³/mol. The van der Waals surface area contributed by atoms with E-state index in [4.69, 9.17) is 0 Å². The first-order chi connectivity index (χ1) is 10.9. The van der Waals surface area contributed by atoms with Crippen molar-refractivity contribution >= 4 is 5.91 Å². The van der Waals surface area contributed by atoms with Crippen LogP contribution in [0.25, 0.3) is 0 Å². The smallest absolute Gasteiger partial charge is 0.246 e. The second-order valence-electron chi connectivity index (χ2n) is 6.98. The highest BCUT2D eigenvalue weighted by atomic mass is 16.3.